The van der Waals surface area contributed by atoms with Crippen molar-refractivity contribution >= 4 is 5.97 Å². The Hall–Kier alpha value is -0.650. The second-order valence-electron chi connectivity index (χ2n) is 5.78. The molecule has 92 valence electrons. The van der Waals surface area contributed by atoms with Gasteiger partial charge in [-0.1, -0.05) is 20.8 Å². The SMILES string of the molecule is C[C@@H]1C2C(C(O)O)C2C(N)(C(=O)O)C1(C)C. The molecule has 2 aliphatic carbocycles. The molecule has 0 aliphatic heterocycles. The van der Waals surface area contributed by atoms with Gasteiger partial charge in [-0.05, 0) is 23.2 Å². The maximum atomic E-state index is 11.4. The van der Waals surface area contributed by atoms with Crippen LogP contribution < -0.4 is 5.73 Å². The standard InChI is InChI=1S/C11H19NO4/c1-4-5-6(8(13)14)7(5)11(12,9(15)16)10(4,2)3/h4-8,13-14H,12H2,1-3H3,(H,15,16)/t4-,5?,6?,7?,11?/m1/s1. The van der Waals surface area contributed by atoms with Gasteiger partial charge in [-0.3, -0.25) is 4.79 Å². The Kier molecular flexibility index (Phi) is 2.19. The number of fused-ring (bicyclic) bond motifs is 1. The maximum absolute atomic E-state index is 11.4. The first-order valence-corrected chi connectivity index (χ1v) is 5.55. The summed E-state index contributed by atoms with van der Waals surface area (Å²) in [4.78, 5) is 11.4. The fourth-order valence-electron chi connectivity index (χ4n) is 3.70. The van der Waals surface area contributed by atoms with E-state index < -0.39 is 23.2 Å². The Morgan fingerprint density at radius 3 is 2.25 bits per heavy atom. The fourth-order valence-corrected chi connectivity index (χ4v) is 3.70. The number of rotatable bonds is 2. The first-order valence-electron chi connectivity index (χ1n) is 5.55. The molecule has 0 radical (unpaired) electrons. The quantitative estimate of drug-likeness (QED) is 0.483. The van der Waals surface area contributed by atoms with Gasteiger partial charge in [0.25, 0.3) is 0 Å². The highest BCUT2D eigenvalue weighted by molar-refractivity contribution is 5.82. The van der Waals surface area contributed by atoms with E-state index in [1.165, 1.54) is 0 Å². The molecule has 5 atom stereocenters. The number of carboxylic acids is 1. The van der Waals surface area contributed by atoms with Crippen LogP contribution in [0.1, 0.15) is 20.8 Å². The number of carbonyl (C=O) groups is 1. The molecular weight excluding hydrogens is 210 g/mol. The van der Waals surface area contributed by atoms with Crippen LogP contribution in [-0.4, -0.2) is 33.1 Å². The van der Waals surface area contributed by atoms with Gasteiger partial charge in [-0.25, -0.2) is 0 Å². The van der Waals surface area contributed by atoms with Crippen molar-refractivity contribution in [1.82, 2.24) is 0 Å². The van der Waals surface area contributed by atoms with Crippen molar-refractivity contribution in [3.63, 3.8) is 0 Å². The normalized spacial score (nSPS) is 49.2. The average molecular weight is 229 g/mol. The van der Waals surface area contributed by atoms with Gasteiger partial charge in [0.15, 0.2) is 6.29 Å². The number of nitrogens with two attached hydrogens (primary N) is 1. The predicted octanol–water partition coefficient (Wildman–Crippen LogP) is -0.383. The van der Waals surface area contributed by atoms with E-state index in [4.69, 9.17) is 5.73 Å². The number of aliphatic hydroxyl groups is 2. The Morgan fingerprint density at radius 2 is 1.88 bits per heavy atom. The van der Waals surface area contributed by atoms with Crippen molar-refractivity contribution in [3.05, 3.63) is 0 Å². The number of aliphatic hydroxyl groups excluding tert-OH is 1. The largest absolute Gasteiger partial charge is 0.480 e. The number of carboxylic acid groups (broad SMARTS) is 1. The van der Waals surface area contributed by atoms with Crippen LogP contribution in [0.4, 0.5) is 0 Å². The Balaban J connectivity index is 2.40. The summed E-state index contributed by atoms with van der Waals surface area (Å²) in [5, 5.41) is 27.7. The summed E-state index contributed by atoms with van der Waals surface area (Å²) in [6.07, 6.45) is -1.46. The summed E-state index contributed by atoms with van der Waals surface area (Å²) in [6.45, 7) is 5.63. The van der Waals surface area contributed by atoms with Gasteiger partial charge < -0.3 is 21.1 Å². The Morgan fingerprint density at radius 1 is 1.38 bits per heavy atom. The third kappa shape index (κ3) is 1.04. The van der Waals surface area contributed by atoms with Crippen LogP contribution in [0.25, 0.3) is 0 Å². The van der Waals surface area contributed by atoms with Crippen LogP contribution in [0.15, 0.2) is 0 Å². The second kappa shape index (κ2) is 2.97. The lowest BCUT2D eigenvalue weighted by molar-refractivity contribution is -0.151. The molecule has 0 aromatic heterocycles. The molecule has 0 aromatic carbocycles. The lowest BCUT2D eigenvalue weighted by atomic mass is 9.66. The summed E-state index contributed by atoms with van der Waals surface area (Å²) >= 11 is 0. The molecule has 0 aromatic rings. The zero-order valence-electron chi connectivity index (χ0n) is 9.71. The number of aliphatic carboxylic acids is 1. The van der Waals surface area contributed by atoms with Crippen molar-refractivity contribution in [3.8, 4) is 0 Å². The van der Waals surface area contributed by atoms with Crippen molar-refractivity contribution in [2.45, 2.75) is 32.6 Å². The lowest BCUT2D eigenvalue weighted by Crippen LogP contribution is -2.60. The zero-order chi connectivity index (χ0) is 12.5. The minimum Gasteiger partial charge on any atom is -0.480 e. The van der Waals surface area contributed by atoms with Crippen LogP contribution in [0.5, 0.6) is 0 Å². The van der Waals surface area contributed by atoms with Crippen molar-refractivity contribution in [2.24, 2.45) is 34.8 Å². The monoisotopic (exact) mass is 229 g/mol. The molecule has 2 saturated carbocycles. The molecular formula is C11H19NO4. The van der Waals surface area contributed by atoms with Crippen LogP contribution >= 0.6 is 0 Å². The van der Waals surface area contributed by atoms with E-state index in [1.54, 1.807) is 0 Å². The van der Waals surface area contributed by atoms with Gasteiger partial charge in [-0.2, -0.15) is 0 Å². The highest BCUT2D eigenvalue weighted by Crippen LogP contribution is 2.71. The van der Waals surface area contributed by atoms with Gasteiger partial charge in [0.1, 0.15) is 5.54 Å². The molecule has 0 spiro atoms. The van der Waals surface area contributed by atoms with E-state index in [1.807, 2.05) is 20.8 Å². The van der Waals surface area contributed by atoms with Gasteiger partial charge in [0.2, 0.25) is 0 Å². The molecule has 5 nitrogen and oxygen atoms in total. The predicted molar refractivity (Wildman–Crippen MR) is 56.2 cm³/mol. The summed E-state index contributed by atoms with van der Waals surface area (Å²) < 4.78 is 0. The van der Waals surface area contributed by atoms with E-state index in [9.17, 15) is 20.1 Å². The molecule has 0 heterocycles. The molecule has 0 amide bonds. The van der Waals surface area contributed by atoms with Gasteiger partial charge >= 0.3 is 5.97 Å². The van der Waals surface area contributed by atoms with E-state index in [0.717, 1.165) is 0 Å². The molecule has 4 unspecified atom stereocenters. The third-order valence-electron chi connectivity index (χ3n) is 5.14. The zero-order valence-corrected chi connectivity index (χ0v) is 9.71. The van der Waals surface area contributed by atoms with Gasteiger partial charge in [0, 0.05) is 5.92 Å². The molecule has 2 aliphatic rings. The van der Waals surface area contributed by atoms with Crippen molar-refractivity contribution in [2.75, 3.05) is 0 Å². The van der Waals surface area contributed by atoms with Crippen LogP contribution in [-0.2, 0) is 4.79 Å². The first kappa shape index (κ1) is 11.8. The molecule has 5 heteroatoms. The average Bonchev–Trinajstić information content (AvgIpc) is 2.85. The van der Waals surface area contributed by atoms with Gasteiger partial charge in [-0.15, -0.1) is 0 Å². The van der Waals surface area contributed by atoms with E-state index in [-0.39, 0.29) is 23.7 Å². The summed E-state index contributed by atoms with van der Waals surface area (Å²) in [5.41, 5.74) is 4.18. The van der Waals surface area contributed by atoms with Gasteiger partial charge in [0.05, 0.1) is 0 Å². The van der Waals surface area contributed by atoms with E-state index in [0.29, 0.717) is 0 Å². The summed E-state index contributed by atoms with van der Waals surface area (Å²) in [7, 11) is 0. The summed E-state index contributed by atoms with van der Waals surface area (Å²) in [6, 6.07) is 0. The topological polar surface area (TPSA) is 104 Å². The molecule has 2 fully saturated rings. The van der Waals surface area contributed by atoms with Crippen LogP contribution in [0.3, 0.4) is 0 Å². The molecule has 16 heavy (non-hydrogen) atoms. The Labute approximate surface area is 94.3 Å². The molecule has 2 rings (SSSR count). The molecule has 0 bridgehead atoms. The second-order valence-corrected chi connectivity index (χ2v) is 5.78. The van der Waals surface area contributed by atoms with Crippen LogP contribution in [0.2, 0.25) is 0 Å². The van der Waals surface area contributed by atoms with Crippen molar-refractivity contribution < 1.29 is 20.1 Å². The minimum atomic E-state index is -1.46. The highest BCUT2D eigenvalue weighted by Gasteiger charge is 2.78. The molecule has 5 N–H and O–H groups in total. The third-order valence-corrected chi connectivity index (χ3v) is 5.14. The van der Waals surface area contributed by atoms with E-state index >= 15 is 0 Å². The minimum absolute atomic E-state index is 0.0103. The number of hydrogen-bond acceptors (Lipinski definition) is 4. The smallest absolute Gasteiger partial charge is 0.324 e. The highest BCUT2D eigenvalue weighted by atomic mass is 16.5. The van der Waals surface area contributed by atoms with Crippen molar-refractivity contribution in [1.29, 1.82) is 0 Å². The van der Waals surface area contributed by atoms with E-state index in [2.05, 4.69) is 0 Å². The number of hydrogen-bond donors (Lipinski definition) is 4. The fraction of sp³-hybridized carbons (Fsp3) is 0.909. The summed E-state index contributed by atoms with van der Waals surface area (Å²) in [5.74, 6) is -1.67. The Bertz CT molecular complexity index is 341. The first-order chi connectivity index (χ1) is 7.17. The van der Waals surface area contributed by atoms with Crippen LogP contribution in [0, 0.1) is 29.1 Å². The molecule has 0 saturated heterocycles. The maximum Gasteiger partial charge on any atom is 0.324 e. The lowest BCUT2D eigenvalue weighted by Gasteiger charge is -2.41.